The van der Waals surface area contributed by atoms with Gasteiger partial charge in [0.1, 0.15) is 5.82 Å². The quantitative estimate of drug-likeness (QED) is 0.528. The van der Waals surface area contributed by atoms with E-state index in [1.54, 1.807) is 6.07 Å². The zero-order valence-electron chi connectivity index (χ0n) is 11.5. The van der Waals surface area contributed by atoms with Crippen LogP contribution < -0.4 is 5.46 Å². The summed E-state index contributed by atoms with van der Waals surface area (Å²) in [4.78, 5) is 2.11. The zero-order valence-corrected chi connectivity index (χ0v) is 11.5. The molecule has 0 atom stereocenters. The van der Waals surface area contributed by atoms with E-state index in [1.165, 1.54) is 6.07 Å². The predicted octanol–water partition coefficient (Wildman–Crippen LogP) is 0.364. The van der Waals surface area contributed by atoms with Crippen molar-refractivity contribution in [2.75, 3.05) is 26.3 Å². The van der Waals surface area contributed by atoms with Gasteiger partial charge in [0.2, 0.25) is 0 Å². The molecule has 0 unspecified atom stereocenters. The molecule has 0 aliphatic carbocycles. The van der Waals surface area contributed by atoms with Gasteiger partial charge in [-0.15, -0.1) is 0 Å². The Morgan fingerprint density at radius 3 is 2.63 bits per heavy atom. The average molecular weight is 269 g/mol. The topological polar surface area (TPSA) is 52.9 Å². The number of benzene rings is 1. The molecule has 0 bridgehead atoms. The summed E-state index contributed by atoms with van der Waals surface area (Å²) in [6.45, 7) is 7.36. The molecule has 2 N–H and O–H groups in total. The van der Waals surface area contributed by atoms with Crippen LogP contribution in [0.2, 0.25) is 0 Å². The third kappa shape index (κ3) is 5.28. The van der Waals surface area contributed by atoms with E-state index in [0.29, 0.717) is 19.8 Å². The molecule has 0 saturated heterocycles. The Bertz CT molecular complexity index is 390. The highest BCUT2D eigenvalue weighted by atomic mass is 19.1. The smallest absolute Gasteiger partial charge is 0.423 e. The number of nitrogens with zero attached hydrogens (tertiary/aromatic N) is 1. The summed E-state index contributed by atoms with van der Waals surface area (Å²) in [6, 6.07) is 4.08. The summed E-state index contributed by atoms with van der Waals surface area (Å²) >= 11 is 0. The Balaban J connectivity index is 2.73. The largest absolute Gasteiger partial charge is 0.488 e. The van der Waals surface area contributed by atoms with Crippen LogP contribution in [0.5, 0.6) is 0 Å². The minimum absolute atomic E-state index is 0.217. The van der Waals surface area contributed by atoms with Gasteiger partial charge in [0, 0.05) is 19.7 Å². The highest BCUT2D eigenvalue weighted by molar-refractivity contribution is 6.59. The van der Waals surface area contributed by atoms with Crippen molar-refractivity contribution in [3.8, 4) is 0 Å². The molecule has 0 heterocycles. The van der Waals surface area contributed by atoms with Crippen molar-refractivity contribution in [2.24, 2.45) is 0 Å². The molecule has 0 saturated carbocycles. The van der Waals surface area contributed by atoms with E-state index >= 15 is 0 Å². The van der Waals surface area contributed by atoms with Gasteiger partial charge >= 0.3 is 7.12 Å². The molecule has 6 heteroatoms. The number of likely N-dealkylation sites (N-methyl/N-ethyl adjacent to an activating group) is 1. The lowest BCUT2D eigenvalue weighted by molar-refractivity contribution is 0.113. The maximum Gasteiger partial charge on any atom is 0.488 e. The van der Waals surface area contributed by atoms with Gasteiger partial charge in [-0.25, -0.2) is 4.39 Å². The van der Waals surface area contributed by atoms with Crippen molar-refractivity contribution >= 4 is 12.6 Å². The highest BCUT2D eigenvalue weighted by Gasteiger charge is 2.18. The van der Waals surface area contributed by atoms with E-state index in [2.05, 4.69) is 4.90 Å². The summed E-state index contributed by atoms with van der Waals surface area (Å²) in [5.74, 6) is -0.468. The van der Waals surface area contributed by atoms with Crippen LogP contribution in [0, 0.1) is 5.82 Å². The van der Waals surface area contributed by atoms with Gasteiger partial charge < -0.3 is 14.8 Å². The molecule has 0 fully saturated rings. The summed E-state index contributed by atoms with van der Waals surface area (Å²) in [5, 5.41) is 18.5. The molecule has 1 rings (SSSR count). The molecule has 4 nitrogen and oxygen atoms in total. The molecule has 19 heavy (non-hydrogen) atoms. The van der Waals surface area contributed by atoms with Crippen molar-refractivity contribution in [3.05, 3.63) is 29.6 Å². The highest BCUT2D eigenvalue weighted by Crippen LogP contribution is 2.05. The number of halogens is 1. The summed E-state index contributed by atoms with van der Waals surface area (Å²) in [7, 11) is -1.66. The molecule has 0 amide bonds. The minimum Gasteiger partial charge on any atom is -0.423 e. The molecule has 1 aromatic carbocycles. The summed E-state index contributed by atoms with van der Waals surface area (Å²) < 4.78 is 18.4. The van der Waals surface area contributed by atoms with Crippen LogP contribution in [0.25, 0.3) is 0 Å². The number of ether oxygens (including phenoxy) is 1. The number of hydrogen-bond donors (Lipinski definition) is 2. The first kappa shape index (κ1) is 16.1. The molecular formula is C13H21BFNO3. The van der Waals surface area contributed by atoms with E-state index in [-0.39, 0.29) is 5.46 Å². The second-order valence-corrected chi connectivity index (χ2v) is 4.28. The van der Waals surface area contributed by atoms with Gasteiger partial charge in [-0.2, -0.15) is 0 Å². The molecule has 0 spiro atoms. The van der Waals surface area contributed by atoms with Crippen LogP contribution in [0.1, 0.15) is 19.4 Å². The van der Waals surface area contributed by atoms with Crippen LogP contribution >= 0.6 is 0 Å². The van der Waals surface area contributed by atoms with E-state index in [1.807, 2.05) is 13.8 Å². The van der Waals surface area contributed by atoms with Crippen LogP contribution in [-0.4, -0.2) is 48.4 Å². The first-order valence-electron chi connectivity index (χ1n) is 6.53. The minimum atomic E-state index is -1.66. The van der Waals surface area contributed by atoms with Crippen LogP contribution in [0.3, 0.4) is 0 Å². The monoisotopic (exact) mass is 269 g/mol. The van der Waals surface area contributed by atoms with Crippen molar-refractivity contribution in [2.45, 2.75) is 20.4 Å². The fraction of sp³-hybridized carbons (Fsp3) is 0.538. The Hall–Kier alpha value is -0.945. The number of rotatable bonds is 8. The maximum absolute atomic E-state index is 13.1. The third-order valence-electron chi connectivity index (χ3n) is 2.98. The maximum atomic E-state index is 13.1. The van der Waals surface area contributed by atoms with E-state index in [4.69, 9.17) is 4.74 Å². The molecule has 1 aromatic rings. The Morgan fingerprint density at radius 1 is 1.32 bits per heavy atom. The molecule has 0 radical (unpaired) electrons. The molecular weight excluding hydrogens is 248 g/mol. The van der Waals surface area contributed by atoms with Crippen molar-refractivity contribution < 1.29 is 19.2 Å². The van der Waals surface area contributed by atoms with Crippen molar-refractivity contribution in [3.63, 3.8) is 0 Å². The van der Waals surface area contributed by atoms with Crippen molar-refractivity contribution in [1.29, 1.82) is 0 Å². The van der Waals surface area contributed by atoms with Crippen LogP contribution in [0.15, 0.2) is 18.2 Å². The van der Waals surface area contributed by atoms with Gasteiger partial charge in [0.05, 0.1) is 6.61 Å². The summed E-state index contributed by atoms with van der Waals surface area (Å²) in [6.07, 6.45) is 0. The second kappa shape index (κ2) is 8.27. The zero-order chi connectivity index (χ0) is 14.3. The van der Waals surface area contributed by atoms with Gasteiger partial charge in [-0.05, 0) is 36.6 Å². The molecule has 0 aliphatic heterocycles. The van der Waals surface area contributed by atoms with E-state index in [0.717, 1.165) is 24.7 Å². The fourth-order valence-electron chi connectivity index (χ4n) is 1.88. The average Bonchev–Trinajstić information content (AvgIpc) is 2.39. The predicted molar refractivity (Wildman–Crippen MR) is 73.7 cm³/mol. The first-order valence-corrected chi connectivity index (χ1v) is 6.53. The van der Waals surface area contributed by atoms with Gasteiger partial charge in [0.25, 0.3) is 0 Å². The summed E-state index contributed by atoms with van der Waals surface area (Å²) in [5.41, 5.74) is 0.935. The SMILES string of the molecule is CCOCCN(CC)Cc1ccc(F)cc1B(O)O. The number of hydrogen-bond acceptors (Lipinski definition) is 4. The van der Waals surface area contributed by atoms with Gasteiger partial charge in [-0.3, -0.25) is 4.90 Å². The van der Waals surface area contributed by atoms with Gasteiger partial charge in [-0.1, -0.05) is 13.0 Å². The first-order chi connectivity index (χ1) is 9.08. The lowest BCUT2D eigenvalue weighted by Crippen LogP contribution is -2.37. The Labute approximate surface area is 114 Å². The fourth-order valence-corrected chi connectivity index (χ4v) is 1.88. The van der Waals surface area contributed by atoms with Crippen LogP contribution in [0.4, 0.5) is 4.39 Å². The molecule has 106 valence electrons. The lowest BCUT2D eigenvalue weighted by Gasteiger charge is -2.22. The van der Waals surface area contributed by atoms with Crippen LogP contribution in [-0.2, 0) is 11.3 Å². The Kier molecular flexibility index (Phi) is 7.01. The lowest BCUT2D eigenvalue weighted by atomic mass is 9.77. The Morgan fingerprint density at radius 2 is 2.05 bits per heavy atom. The second-order valence-electron chi connectivity index (χ2n) is 4.28. The molecule has 0 aromatic heterocycles. The van der Waals surface area contributed by atoms with Gasteiger partial charge in [0.15, 0.2) is 0 Å². The van der Waals surface area contributed by atoms with E-state index in [9.17, 15) is 14.4 Å². The normalized spacial score (nSPS) is 11.1. The molecule has 0 aliphatic rings. The third-order valence-corrected chi connectivity index (χ3v) is 2.98. The standard InChI is InChI=1S/C13H21BFNO3/c1-3-16(7-8-19-4-2)10-11-5-6-12(15)9-13(11)14(17)18/h5-6,9,17-18H,3-4,7-8,10H2,1-2H3. The van der Waals surface area contributed by atoms with Crippen molar-refractivity contribution in [1.82, 2.24) is 4.90 Å². The van der Waals surface area contributed by atoms with E-state index < -0.39 is 12.9 Å².